The summed E-state index contributed by atoms with van der Waals surface area (Å²) in [6, 6.07) is 13.2. The van der Waals surface area contributed by atoms with Crippen molar-refractivity contribution in [1.82, 2.24) is 4.90 Å². The van der Waals surface area contributed by atoms with Crippen molar-refractivity contribution in [1.29, 1.82) is 0 Å². The minimum absolute atomic E-state index is 0.0800. The summed E-state index contributed by atoms with van der Waals surface area (Å²) in [5, 5.41) is 4.48. The van der Waals surface area contributed by atoms with Crippen molar-refractivity contribution in [2.75, 3.05) is 25.0 Å². The number of amides is 1. The minimum atomic E-state index is -0.283. The van der Waals surface area contributed by atoms with Crippen LogP contribution in [0.15, 0.2) is 53.1 Å². The van der Waals surface area contributed by atoms with E-state index < -0.39 is 0 Å². The van der Waals surface area contributed by atoms with Crippen molar-refractivity contribution in [2.24, 2.45) is 5.92 Å². The number of benzene rings is 1. The lowest BCUT2D eigenvalue weighted by molar-refractivity contribution is -0.149. The zero-order valence-corrected chi connectivity index (χ0v) is 20.2. The third-order valence-corrected chi connectivity index (χ3v) is 7.05. The number of halogens is 1. The molecule has 0 bridgehead atoms. The fourth-order valence-corrected chi connectivity index (χ4v) is 5.46. The highest BCUT2D eigenvalue weighted by Gasteiger charge is 2.33. The van der Waals surface area contributed by atoms with Crippen molar-refractivity contribution in [3.8, 4) is 0 Å². The minimum Gasteiger partial charge on any atom is -0.466 e. The molecule has 33 heavy (non-hydrogen) atoms. The summed E-state index contributed by atoms with van der Waals surface area (Å²) >= 11 is 7.89. The van der Waals surface area contributed by atoms with Crippen molar-refractivity contribution in [3.63, 3.8) is 0 Å². The number of carbonyl (C=O) groups is 2. The van der Waals surface area contributed by atoms with Crippen LogP contribution in [-0.2, 0) is 9.53 Å². The van der Waals surface area contributed by atoms with Crippen LogP contribution in [-0.4, -0.2) is 36.5 Å². The Bertz CT molecular complexity index is 1100. The fourth-order valence-electron chi connectivity index (χ4n) is 4.32. The van der Waals surface area contributed by atoms with Crippen LogP contribution in [0.1, 0.15) is 52.4 Å². The van der Waals surface area contributed by atoms with E-state index in [1.165, 1.54) is 17.6 Å². The molecule has 0 saturated carbocycles. The number of aryl methyl sites for hydroxylation is 1. The standard InChI is InChI=1S/C25H27ClN2O4S/c1-3-31-25(30)17-9-11-28(12-10-17)22(18-6-4-7-19(26)15-18)20-14-16(2)33-24(20)27-23(29)21-8-5-13-32-21/h4-8,13-15,17,22H,3,9-12H2,1-2H3,(H,27,29)/t22-/m0/s1. The molecule has 8 heteroatoms. The van der Waals surface area contributed by atoms with E-state index in [0.29, 0.717) is 11.6 Å². The smallest absolute Gasteiger partial charge is 0.309 e. The quantitative estimate of drug-likeness (QED) is 0.420. The summed E-state index contributed by atoms with van der Waals surface area (Å²) in [6.07, 6.45) is 2.94. The third kappa shape index (κ3) is 5.49. The molecule has 3 aromatic rings. The molecule has 1 amide bonds. The summed E-state index contributed by atoms with van der Waals surface area (Å²) in [7, 11) is 0. The second-order valence-electron chi connectivity index (χ2n) is 8.09. The first-order valence-electron chi connectivity index (χ1n) is 11.1. The number of hydrogen-bond donors (Lipinski definition) is 1. The topological polar surface area (TPSA) is 71.8 Å². The van der Waals surface area contributed by atoms with E-state index in [1.807, 2.05) is 32.0 Å². The van der Waals surface area contributed by atoms with Gasteiger partial charge in [-0.2, -0.15) is 0 Å². The van der Waals surface area contributed by atoms with Crippen LogP contribution < -0.4 is 5.32 Å². The van der Waals surface area contributed by atoms with Gasteiger partial charge in [-0.05, 0) is 75.7 Å². The summed E-state index contributed by atoms with van der Waals surface area (Å²) < 4.78 is 10.5. The molecule has 0 unspecified atom stereocenters. The van der Waals surface area contributed by atoms with E-state index in [9.17, 15) is 9.59 Å². The third-order valence-electron chi connectivity index (χ3n) is 5.83. The van der Waals surface area contributed by atoms with Crippen LogP contribution in [0.25, 0.3) is 0 Å². The lowest BCUT2D eigenvalue weighted by atomic mass is 9.91. The summed E-state index contributed by atoms with van der Waals surface area (Å²) in [6.45, 7) is 5.73. The first-order chi connectivity index (χ1) is 16.0. The van der Waals surface area contributed by atoms with Gasteiger partial charge < -0.3 is 14.5 Å². The molecule has 1 aliphatic rings. The molecule has 1 aromatic carbocycles. The molecular weight excluding hydrogens is 460 g/mol. The maximum Gasteiger partial charge on any atom is 0.309 e. The molecule has 1 saturated heterocycles. The Kier molecular flexibility index (Phi) is 7.53. The van der Waals surface area contributed by atoms with Crippen LogP contribution in [0, 0.1) is 12.8 Å². The highest BCUT2D eigenvalue weighted by atomic mass is 35.5. The number of thiophene rings is 1. The Balaban J connectivity index is 1.64. The van der Waals surface area contributed by atoms with Gasteiger partial charge in [0.1, 0.15) is 5.00 Å². The van der Waals surface area contributed by atoms with Gasteiger partial charge in [-0.15, -0.1) is 11.3 Å². The Morgan fingerprint density at radius 3 is 2.70 bits per heavy atom. The SMILES string of the molecule is CCOC(=O)C1CCN([C@@H](c2cccc(Cl)c2)c2cc(C)sc2NC(=O)c2ccco2)CC1. The maximum absolute atomic E-state index is 12.7. The van der Waals surface area contributed by atoms with Crippen LogP contribution in [0.2, 0.25) is 5.02 Å². The molecule has 4 rings (SSSR count). The first kappa shape index (κ1) is 23.5. The van der Waals surface area contributed by atoms with E-state index in [2.05, 4.69) is 22.3 Å². The molecule has 2 aromatic heterocycles. The number of rotatable bonds is 7. The molecule has 6 nitrogen and oxygen atoms in total. The van der Waals surface area contributed by atoms with Crippen molar-refractivity contribution >= 4 is 39.8 Å². The number of piperidine rings is 1. The molecule has 0 spiro atoms. The Labute approximate surface area is 202 Å². The molecule has 1 fully saturated rings. The van der Waals surface area contributed by atoms with E-state index in [4.69, 9.17) is 20.8 Å². The number of carbonyl (C=O) groups excluding carboxylic acids is 2. The van der Waals surface area contributed by atoms with Crippen LogP contribution in [0.4, 0.5) is 5.00 Å². The van der Waals surface area contributed by atoms with Gasteiger partial charge in [-0.1, -0.05) is 23.7 Å². The number of likely N-dealkylation sites (tertiary alicyclic amines) is 1. The molecule has 1 atom stereocenters. The molecule has 3 heterocycles. The predicted octanol–water partition coefficient (Wildman–Crippen LogP) is 5.92. The number of anilines is 1. The van der Waals surface area contributed by atoms with Crippen LogP contribution >= 0.6 is 22.9 Å². The monoisotopic (exact) mass is 486 g/mol. The van der Waals surface area contributed by atoms with E-state index in [1.54, 1.807) is 12.1 Å². The number of ether oxygens (including phenoxy) is 1. The molecule has 0 radical (unpaired) electrons. The normalized spacial score (nSPS) is 15.8. The van der Waals surface area contributed by atoms with Gasteiger partial charge in [-0.25, -0.2) is 0 Å². The molecule has 174 valence electrons. The zero-order valence-electron chi connectivity index (χ0n) is 18.7. The van der Waals surface area contributed by atoms with Gasteiger partial charge in [0.05, 0.1) is 24.8 Å². The number of nitrogens with zero attached hydrogens (tertiary/aromatic N) is 1. The summed E-state index contributed by atoms with van der Waals surface area (Å²) in [5.41, 5.74) is 2.05. The summed E-state index contributed by atoms with van der Waals surface area (Å²) in [4.78, 5) is 28.4. The average molecular weight is 487 g/mol. The molecule has 1 aliphatic heterocycles. The lowest BCUT2D eigenvalue weighted by Crippen LogP contribution is -2.39. The Morgan fingerprint density at radius 1 is 1.24 bits per heavy atom. The van der Waals surface area contributed by atoms with Crippen molar-refractivity contribution in [2.45, 2.75) is 32.7 Å². The average Bonchev–Trinajstić information content (AvgIpc) is 3.45. The lowest BCUT2D eigenvalue weighted by Gasteiger charge is -2.37. The second kappa shape index (κ2) is 10.5. The Morgan fingerprint density at radius 2 is 2.03 bits per heavy atom. The Hall–Kier alpha value is -2.61. The van der Waals surface area contributed by atoms with Gasteiger partial charge >= 0.3 is 5.97 Å². The highest BCUT2D eigenvalue weighted by Crippen LogP contribution is 2.41. The predicted molar refractivity (Wildman–Crippen MR) is 130 cm³/mol. The van der Waals surface area contributed by atoms with Gasteiger partial charge in [0.25, 0.3) is 5.91 Å². The number of hydrogen-bond acceptors (Lipinski definition) is 6. The first-order valence-corrected chi connectivity index (χ1v) is 12.3. The number of esters is 1. The van der Waals surface area contributed by atoms with Crippen molar-refractivity contribution in [3.05, 3.63) is 75.5 Å². The van der Waals surface area contributed by atoms with Crippen molar-refractivity contribution < 1.29 is 18.7 Å². The number of nitrogens with one attached hydrogen (secondary N) is 1. The van der Waals surface area contributed by atoms with E-state index >= 15 is 0 Å². The fraction of sp³-hybridized carbons (Fsp3) is 0.360. The van der Waals surface area contributed by atoms with E-state index in [0.717, 1.165) is 46.9 Å². The summed E-state index contributed by atoms with van der Waals surface area (Å²) in [5.74, 6) is -0.215. The molecule has 1 N–H and O–H groups in total. The van der Waals surface area contributed by atoms with Gasteiger partial charge in [0.15, 0.2) is 5.76 Å². The molecular formula is C25H27ClN2O4S. The maximum atomic E-state index is 12.7. The second-order valence-corrected chi connectivity index (χ2v) is 9.79. The molecule has 0 aliphatic carbocycles. The highest BCUT2D eigenvalue weighted by molar-refractivity contribution is 7.16. The number of furan rings is 1. The van der Waals surface area contributed by atoms with Crippen LogP contribution in [0.5, 0.6) is 0 Å². The van der Waals surface area contributed by atoms with Gasteiger partial charge in [0, 0.05) is 15.5 Å². The van der Waals surface area contributed by atoms with Gasteiger partial charge in [0.2, 0.25) is 0 Å². The van der Waals surface area contributed by atoms with Gasteiger partial charge in [-0.3, -0.25) is 14.5 Å². The largest absolute Gasteiger partial charge is 0.466 e. The van der Waals surface area contributed by atoms with Crippen LogP contribution in [0.3, 0.4) is 0 Å². The zero-order chi connectivity index (χ0) is 23.4. The van der Waals surface area contributed by atoms with E-state index in [-0.39, 0.29) is 29.6 Å².